The molecular weight excluding hydrogens is 783 g/mol. The molecule has 5 heterocycles. The van der Waals surface area contributed by atoms with E-state index >= 15 is 0 Å². The van der Waals surface area contributed by atoms with Crippen LogP contribution in [0.25, 0.3) is 11.3 Å². The monoisotopic (exact) mass is 818 g/mol. The number of β-lactam (4-membered cyclic amide) rings is 2. The van der Waals surface area contributed by atoms with Gasteiger partial charge in [0, 0.05) is 15.1 Å². The molecule has 0 bridgehead atoms. The van der Waals surface area contributed by atoms with Crippen LogP contribution in [0.15, 0.2) is 53.1 Å². The summed E-state index contributed by atoms with van der Waals surface area (Å²) in [5, 5.41) is 28.0. The largest absolute Gasteiger partial charge is 0.480 e. The highest BCUT2D eigenvalue weighted by molar-refractivity contribution is 8.02. The fourth-order valence-corrected chi connectivity index (χ4v) is 10.9. The van der Waals surface area contributed by atoms with Crippen molar-refractivity contribution in [2.45, 2.75) is 85.1 Å². The van der Waals surface area contributed by atoms with Crippen molar-refractivity contribution in [3.8, 4) is 11.3 Å². The molecule has 4 amide bonds. The lowest BCUT2D eigenvalue weighted by Crippen LogP contribution is -2.71. The van der Waals surface area contributed by atoms with E-state index in [0.29, 0.717) is 21.2 Å². The van der Waals surface area contributed by atoms with Crippen LogP contribution in [0, 0.1) is 6.92 Å². The average molecular weight is 820 g/mol. The Labute approximate surface area is 327 Å². The summed E-state index contributed by atoms with van der Waals surface area (Å²) in [6.45, 7) is 8.68. The van der Waals surface area contributed by atoms with Crippen molar-refractivity contribution in [3.63, 3.8) is 0 Å². The normalized spacial score (nSPS) is 26.3. The third kappa shape index (κ3) is 6.69. The minimum Gasteiger partial charge on any atom is -0.480 e. The van der Waals surface area contributed by atoms with Crippen molar-refractivity contribution in [3.05, 3.63) is 75.5 Å². The number of nitrogens with zero attached hydrogens (tertiary/aromatic N) is 3. The molecule has 0 unspecified atom stereocenters. The van der Waals surface area contributed by atoms with Gasteiger partial charge < -0.3 is 40.9 Å². The molecule has 2 aromatic carbocycles. The van der Waals surface area contributed by atoms with Gasteiger partial charge in [0.25, 0.3) is 5.91 Å². The predicted octanol–water partition coefficient (Wildman–Crippen LogP) is 3.52. The number of hydrogen-bond donors (Lipinski definition) is 5. The minimum absolute atomic E-state index is 0.119. The summed E-state index contributed by atoms with van der Waals surface area (Å²) in [7, 11) is 0. The maximum Gasteiger partial charge on any atom is 0.327 e. The molecule has 15 nitrogen and oxygen atoms in total. The van der Waals surface area contributed by atoms with Crippen molar-refractivity contribution in [1.82, 2.24) is 25.6 Å². The molecule has 3 aromatic rings. The molecule has 19 heteroatoms. The average Bonchev–Trinajstić information content (AvgIpc) is 3.70. The summed E-state index contributed by atoms with van der Waals surface area (Å²) in [6.07, 6.45) is 0. The summed E-state index contributed by atoms with van der Waals surface area (Å²) in [6, 6.07) is 9.47. The second-order valence-corrected chi connectivity index (χ2v) is 18.4. The van der Waals surface area contributed by atoms with Crippen LogP contribution in [0.5, 0.6) is 0 Å². The summed E-state index contributed by atoms with van der Waals surface area (Å²) in [5.41, 5.74) is 7.24. The van der Waals surface area contributed by atoms with Gasteiger partial charge in [0.15, 0.2) is 0 Å². The Hall–Kier alpha value is -4.29. The van der Waals surface area contributed by atoms with Crippen LogP contribution in [0.3, 0.4) is 0 Å². The van der Waals surface area contributed by atoms with Crippen molar-refractivity contribution in [2.24, 2.45) is 5.73 Å². The minimum atomic E-state index is -1.07. The zero-order valence-electron chi connectivity index (χ0n) is 29.4. The van der Waals surface area contributed by atoms with Crippen LogP contribution in [0.1, 0.15) is 55.4 Å². The highest BCUT2D eigenvalue weighted by Gasteiger charge is 2.65. The van der Waals surface area contributed by atoms with Crippen molar-refractivity contribution < 1.29 is 43.5 Å². The molecule has 4 aliphatic rings. The van der Waals surface area contributed by atoms with E-state index in [-0.39, 0.29) is 28.3 Å². The number of thioether (sulfide) groups is 2. The number of aliphatic carboxylic acids is 2. The van der Waals surface area contributed by atoms with E-state index in [1.807, 2.05) is 6.07 Å². The second-order valence-electron chi connectivity index (χ2n) is 14.1. The van der Waals surface area contributed by atoms with Crippen LogP contribution in [0.4, 0.5) is 0 Å². The SMILES string of the molecule is CC1(C)S[C@@H]2[C@H](NC(=O)[C@H](N)c3ccccc3)C(=O)N2[C@H]1C(=O)O.Cc1onc(-c2c(Cl)cccc2Cl)c1C(=O)N[C@@H]1C(=O)N2[C@@H]1SC(C)(C)[C@@H]2C(=O)O. The zero-order valence-corrected chi connectivity index (χ0v) is 32.5. The van der Waals surface area contributed by atoms with Crippen LogP contribution >= 0.6 is 46.7 Å². The van der Waals surface area contributed by atoms with Gasteiger partial charge in [-0.1, -0.05) is 64.8 Å². The van der Waals surface area contributed by atoms with Crippen LogP contribution < -0.4 is 16.4 Å². The summed E-state index contributed by atoms with van der Waals surface area (Å²) < 4.78 is 3.90. The second kappa shape index (κ2) is 14.4. The van der Waals surface area contributed by atoms with E-state index in [0.717, 1.165) is 0 Å². The number of benzene rings is 2. The van der Waals surface area contributed by atoms with E-state index in [9.17, 15) is 39.0 Å². The maximum absolute atomic E-state index is 13.1. The Bertz CT molecular complexity index is 2040. The molecule has 6 N–H and O–H groups in total. The molecule has 4 saturated heterocycles. The highest BCUT2D eigenvalue weighted by atomic mass is 35.5. The lowest BCUT2D eigenvalue weighted by molar-refractivity contribution is -0.161. The summed E-state index contributed by atoms with van der Waals surface area (Å²) >= 11 is 15.2. The van der Waals surface area contributed by atoms with E-state index in [1.54, 1.807) is 77.1 Å². The molecule has 0 spiro atoms. The number of nitrogens with two attached hydrogens (primary N) is 1. The maximum atomic E-state index is 13.1. The first-order chi connectivity index (χ1) is 25.3. The number of carboxylic acids is 2. The van der Waals surface area contributed by atoms with E-state index < -0.39 is 74.7 Å². The third-order valence-electron chi connectivity index (χ3n) is 9.66. The molecule has 0 aliphatic carbocycles. The molecule has 1 aromatic heterocycles. The highest BCUT2D eigenvalue weighted by Crippen LogP contribution is 2.52. The van der Waals surface area contributed by atoms with E-state index in [2.05, 4.69) is 15.8 Å². The van der Waals surface area contributed by atoms with Gasteiger partial charge in [-0.2, -0.15) is 0 Å². The predicted molar refractivity (Wildman–Crippen MR) is 201 cm³/mol. The van der Waals surface area contributed by atoms with Gasteiger partial charge in [0.05, 0.1) is 10.0 Å². The third-order valence-corrected chi connectivity index (χ3v) is 13.4. The standard InChI is InChI=1S/C19H17Cl2N3O5S.C16H19N3O4S/c1-7-10(12(23-29-7)11-8(20)5-4-6-9(11)21)15(25)22-13-16(26)24-14(18(27)28)19(2,3)30-17(13)24;1-16(2)11(15(22)23)19-13(21)10(14(19)24-16)18-12(20)9(17)8-6-4-3-5-7-8/h4-6,13-14,17H,1-3H3,(H,22,25)(H,27,28);3-7,9-11,14H,17H2,1-2H3,(H,18,20)(H,22,23)/t13-,14+,17-;9-,10-,11+,14-/m11/s1. The van der Waals surface area contributed by atoms with Crippen molar-refractivity contribution >= 4 is 82.3 Å². The Kier molecular flexibility index (Phi) is 10.5. The molecule has 4 fully saturated rings. The smallest absolute Gasteiger partial charge is 0.327 e. The van der Waals surface area contributed by atoms with E-state index in [1.165, 1.54) is 33.3 Å². The Morgan fingerprint density at radius 3 is 1.80 bits per heavy atom. The van der Waals surface area contributed by atoms with Gasteiger partial charge in [-0.05, 0) is 52.3 Å². The van der Waals surface area contributed by atoms with Crippen molar-refractivity contribution in [1.29, 1.82) is 0 Å². The molecule has 7 rings (SSSR count). The summed E-state index contributed by atoms with van der Waals surface area (Å²) in [4.78, 5) is 76.1. The van der Waals surface area contributed by atoms with Crippen LogP contribution in [-0.4, -0.2) is 105 Å². The molecule has 286 valence electrons. The number of hydrogen-bond acceptors (Lipinski definition) is 11. The first-order valence-electron chi connectivity index (χ1n) is 16.6. The molecule has 0 radical (unpaired) electrons. The Morgan fingerprint density at radius 2 is 1.31 bits per heavy atom. The molecule has 7 atom stereocenters. The number of aromatic nitrogens is 1. The molecular formula is C35H36Cl2N6O9S2. The van der Waals surface area contributed by atoms with Gasteiger partial charge in [-0.3, -0.25) is 19.2 Å². The zero-order chi connectivity index (χ0) is 39.6. The number of nitrogens with one attached hydrogen (secondary N) is 2. The Balaban J connectivity index is 0.000000189. The first kappa shape index (κ1) is 39.4. The van der Waals surface area contributed by atoms with Gasteiger partial charge in [-0.25, -0.2) is 9.59 Å². The van der Waals surface area contributed by atoms with Crippen LogP contribution in [0.2, 0.25) is 10.0 Å². The number of fused-ring (bicyclic) bond motifs is 2. The Morgan fingerprint density at radius 1 is 0.833 bits per heavy atom. The molecule has 4 aliphatic heterocycles. The van der Waals surface area contributed by atoms with E-state index in [4.69, 9.17) is 33.5 Å². The lowest BCUT2D eigenvalue weighted by Gasteiger charge is -2.43. The first-order valence-corrected chi connectivity index (χ1v) is 19.1. The number of carbonyl (C=O) groups is 6. The van der Waals surface area contributed by atoms with Gasteiger partial charge >= 0.3 is 11.9 Å². The quantitative estimate of drug-likeness (QED) is 0.206. The number of rotatable bonds is 8. The van der Waals surface area contributed by atoms with Crippen LogP contribution in [-0.2, 0) is 24.0 Å². The van der Waals surface area contributed by atoms with Gasteiger partial charge in [-0.15, -0.1) is 23.5 Å². The number of carbonyl (C=O) groups excluding carboxylic acids is 4. The fraction of sp³-hybridized carbons (Fsp3) is 0.400. The number of halogens is 2. The number of carboxylic acid groups (broad SMARTS) is 2. The van der Waals surface area contributed by atoms with Crippen molar-refractivity contribution in [2.75, 3.05) is 0 Å². The number of aryl methyl sites for hydroxylation is 1. The summed E-state index contributed by atoms with van der Waals surface area (Å²) in [5.74, 6) is -3.70. The number of amides is 4. The topological polar surface area (TPSA) is 225 Å². The van der Waals surface area contributed by atoms with Gasteiger partial charge in [0.1, 0.15) is 58.0 Å². The fourth-order valence-electron chi connectivity index (χ4n) is 7.09. The van der Waals surface area contributed by atoms with Gasteiger partial charge in [0.2, 0.25) is 17.7 Å². The molecule has 54 heavy (non-hydrogen) atoms. The lowest BCUT2D eigenvalue weighted by atomic mass is 9.95. The molecule has 0 saturated carbocycles.